The van der Waals surface area contributed by atoms with Crippen molar-refractivity contribution < 1.29 is 4.74 Å². The summed E-state index contributed by atoms with van der Waals surface area (Å²) in [4.78, 5) is 7.97. The summed E-state index contributed by atoms with van der Waals surface area (Å²) in [6.07, 6.45) is 1.52. The number of likely N-dealkylation sites (N-methyl/N-ethyl adjacent to an activating group) is 1. The Balaban J connectivity index is 2.51. The molecule has 0 aromatic carbocycles. The highest BCUT2D eigenvalue weighted by Crippen LogP contribution is 2.19. The molecular formula is C9H15ClN4O. The second-order valence-corrected chi connectivity index (χ2v) is 3.24. The zero-order chi connectivity index (χ0) is 11.1. The fourth-order valence-corrected chi connectivity index (χ4v) is 1.18. The van der Waals surface area contributed by atoms with Gasteiger partial charge in [0.2, 0.25) is 0 Å². The fraction of sp³-hybridized carbons (Fsp3) is 0.556. The third-order valence-electron chi connectivity index (χ3n) is 1.75. The molecule has 0 bridgehead atoms. The summed E-state index contributed by atoms with van der Waals surface area (Å²) in [7, 11) is 1.52. The van der Waals surface area contributed by atoms with Gasteiger partial charge in [0.1, 0.15) is 5.02 Å². The molecule has 15 heavy (non-hydrogen) atoms. The fourth-order valence-electron chi connectivity index (χ4n) is 1.02. The number of ether oxygens (including phenoxy) is 1. The first-order valence-electron chi connectivity index (χ1n) is 4.79. The van der Waals surface area contributed by atoms with E-state index in [1.807, 2.05) is 0 Å². The maximum absolute atomic E-state index is 5.90. The Morgan fingerprint density at radius 1 is 1.47 bits per heavy atom. The summed E-state index contributed by atoms with van der Waals surface area (Å²) in [6, 6.07) is 0.311. The van der Waals surface area contributed by atoms with Crippen LogP contribution < -0.4 is 15.4 Å². The zero-order valence-corrected chi connectivity index (χ0v) is 9.64. The Labute approximate surface area is 94.2 Å². The van der Waals surface area contributed by atoms with Crippen LogP contribution in [0.1, 0.15) is 6.92 Å². The van der Waals surface area contributed by atoms with Crippen molar-refractivity contribution in [3.63, 3.8) is 0 Å². The topological polar surface area (TPSA) is 59.1 Å². The molecule has 0 aliphatic carbocycles. The van der Waals surface area contributed by atoms with Gasteiger partial charge in [0, 0.05) is 13.1 Å². The van der Waals surface area contributed by atoms with E-state index in [4.69, 9.17) is 16.3 Å². The van der Waals surface area contributed by atoms with E-state index in [9.17, 15) is 0 Å². The number of hydrogen-bond donors (Lipinski definition) is 2. The molecule has 0 unspecified atom stereocenters. The summed E-state index contributed by atoms with van der Waals surface area (Å²) in [5.74, 6) is 0.599. The van der Waals surface area contributed by atoms with Crippen LogP contribution in [0.15, 0.2) is 6.20 Å². The van der Waals surface area contributed by atoms with Crippen molar-refractivity contribution in [3.05, 3.63) is 11.2 Å². The first kappa shape index (κ1) is 12.0. The van der Waals surface area contributed by atoms with E-state index >= 15 is 0 Å². The lowest BCUT2D eigenvalue weighted by Crippen LogP contribution is -2.22. The largest absolute Gasteiger partial charge is 0.467 e. The van der Waals surface area contributed by atoms with Gasteiger partial charge >= 0.3 is 6.01 Å². The van der Waals surface area contributed by atoms with Crippen molar-refractivity contribution in [2.75, 3.05) is 32.1 Å². The number of halogens is 1. The molecule has 0 spiro atoms. The molecule has 1 aromatic heterocycles. The first-order valence-corrected chi connectivity index (χ1v) is 5.16. The SMILES string of the molecule is CCNCCNc1nc(OC)ncc1Cl. The molecule has 5 nitrogen and oxygen atoms in total. The molecule has 1 aromatic rings. The molecule has 6 heteroatoms. The van der Waals surface area contributed by atoms with Crippen molar-refractivity contribution in [2.45, 2.75) is 6.92 Å². The van der Waals surface area contributed by atoms with Gasteiger partial charge in [0.05, 0.1) is 13.3 Å². The van der Waals surface area contributed by atoms with Crippen molar-refractivity contribution in [3.8, 4) is 6.01 Å². The lowest BCUT2D eigenvalue weighted by atomic mass is 10.5. The lowest BCUT2D eigenvalue weighted by molar-refractivity contribution is 0.380. The van der Waals surface area contributed by atoms with Gasteiger partial charge in [-0.1, -0.05) is 18.5 Å². The van der Waals surface area contributed by atoms with Crippen molar-refractivity contribution in [2.24, 2.45) is 0 Å². The van der Waals surface area contributed by atoms with E-state index in [1.165, 1.54) is 13.3 Å². The van der Waals surface area contributed by atoms with Crippen LogP contribution in [0.5, 0.6) is 6.01 Å². The highest BCUT2D eigenvalue weighted by Gasteiger charge is 2.04. The molecule has 0 fully saturated rings. The number of aromatic nitrogens is 2. The third-order valence-corrected chi connectivity index (χ3v) is 2.03. The molecule has 0 aliphatic heterocycles. The standard InChI is InChI=1S/C9H15ClN4O/c1-3-11-4-5-12-8-7(10)6-13-9(14-8)15-2/h6,11H,3-5H2,1-2H3,(H,12,13,14). The van der Waals surface area contributed by atoms with E-state index in [1.54, 1.807) is 0 Å². The van der Waals surface area contributed by atoms with Crippen LogP contribution in [0.25, 0.3) is 0 Å². The minimum absolute atomic E-state index is 0.311. The molecule has 0 aliphatic rings. The third kappa shape index (κ3) is 3.89. The monoisotopic (exact) mass is 230 g/mol. The van der Waals surface area contributed by atoms with Crippen LogP contribution in [-0.2, 0) is 0 Å². The summed E-state index contributed by atoms with van der Waals surface area (Å²) < 4.78 is 4.90. The molecule has 0 saturated heterocycles. The normalized spacial score (nSPS) is 10.1. The van der Waals surface area contributed by atoms with E-state index in [2.05, 4.69) is 27.5 Å². The molecule has 0 amide bonds. The lowest BCUT2D eigenvalue weighted by Gasteiger charge is -2.08. The minimum Gasteiger partial charge on any atom is -0.467 e. The van der Waals surface area contributed by atoms with Gasteiger partial charge in [0.15, 0.2) is 5.82 Å². The molecule has 0 saturated carbocycles. The van der Waals surface area contributed by atoms with E-state index in [-0.39, 0.29) is 0 Å². The Kier molecular flexibility index (Phi) is 5.14. The average Bonchev–Trinajstić information content (AvgIpc) is 2.26. The van der Waals surface area contributed by atoms with Crippen LogP contribution in [0.4, 0.5) is 5.82 Å². The maximum atomic E-state index is 5.90. The summed E-state index contributed by atoms with van der Waals surface area (Å²) in [6.45, 7) is 4.62. The predicted octanol–water partition coefficient (Wildman–Crippen LogP) is 1.16. The molecular weight excluding hydrogens is 216 g/mol. The molecule has 0 atom stereocenters. The van der Waals surface area contributed by atoms with Gasteiger partial charge in [0.25, 0.3) is 0 Å². The highest BCUT2D eigenvalue weighted by molar-refractivity contribution is 6.32. The van der Waals surface area contributed by atoms with Crippen molar-refractivity contribution in [1.82, 2.24) is 15.3 Å². The van der Waals surface area contributed by atoms with Gasteiger partial charge < -0.3 is 15.4 Å². The van der Waals surface area contributed by atoms with E-state index < -0.39 is 0 Å². The quantitative estimate of drug-likeness (QED) is 0.719. The smallest absolute Gasteiger partial charge is 0.318 e. The van der Waals surface area contributed by atoms with Gasteiger partial charge in [-0.05, 0) is 6.54 Å². The minimum atomic E-state index is 0.311. The molecule has 84 valence electrons. The van der Waals surface area contributed by atoms with E-state index in [0.717, 1.165) is 19.6 Å². The predicted molar refractivity (Wildman–Crippen MR) is 60.6 cm³/mol. The van der Waals surface area contributed by atoms with E-state index in [0.29, 0.717) is 16.9 Å². The number of rotatable bonds is 6. The van der Waals surface area contributed by atoms with Crippen LogP contribution in [-0.4, -0.2) is 36.7 Å². The number of hydrogen-bond acceptors (Lipinski definition) is 5. The van der Waals surface area contributed by atoms with Gasteiger partial charge in [-0.15, -0.1) is 0 Å². The Bertz CT molecular complexity index is 308. The van der Waals surface area contributed by atoms with Gasteiger partial charge in [-0.25, -0.2) is 4.98 Å². The zero-order valence-electron chi connectivity index (χ0n) is 8.88. The first-order chi connectivity index (χ1) is 7.27. The number of nitrogens with one attached hydrogen (secondary N) is 2. The van der Waals surface area contributed by atoms with Crippen molar-refractivity contribution in [1.29, 1.82) is 0 Å². The average molecular weight is 231 g/mol. The second kappa shape index (κ2) is 6.42. The maximum Gasteiger partial charge on any atom is 0.318 e. The summed E-state index contributed by atoms with van der Waals surface area (Å²) >= 11 is 5.90. The summed E-state index contributed by atoms with van der Waals surface area (Å²) in [5.41, 5.74) is 0. The van der Waals surface area contributed by atoms with Crippen LogP contribution in [0.3, 0.4) is 0 Å². The summed E-state index contributed by atoms with van der Waals surface area (Å²) in [5, 5.41) is 6.78. The molecule has 0 radical (unpaired) electrons. The van der Waals surface area contributed by atoms with Crippen LogP contribution in [0, 0.1) is 0 Å². The van der Waals surface area contributed by atoms with Crippen molar-refractivity contribution >= 4 is 17.4 Å². The molecule has 1 rings (SSSR count). The Hall–Kier alpha value is -1.07. The molecule has 2 N–H and O–H groups in total. The number of nitrogens with zero attached hydrogens (tertiary/aromatic N) is 2. The molecule has 1 heterocycles. The highest BCUT2D eigenvalue weighted by atomic mass is 35.5. The number of methoxy groups -OCH3 is 1. The number of anilines is 1. The Morgan fingerprint density at radius 3 is 2.93 bits per heavy atom. The second-order valence-electron chi connectivity index (χ2n) is 2.83. The van der Waals surface area contributed by atoms with Crippen LogP contribution in [0.2, 0.25) is 5.02 Å². The van der Waals surface area contributed by atoms with Gasteiger partial charge in [-0.3, -0.25) is 0 Å². The van der Waals surface area contributed by atoms with Crippen LogP contribution >= 0.6 is 11.6 Å². The van der Waals surface area contributed by atoms with Gasteiger partial charge in [-0.2, -0.15) is 4.98 Å². The Morgan fingerprint density at radius 2 is 2.27 bits per heavy atom.